The van der Waals surface area contributed by atoms with Crippen molar-refractivity contribution in [3.8, 4) is 0 Å². The third-order valence-corrected chi connectivity index (χ3v) is 3.47. The Morgan fingerprint density at radius 3 is 2.41 bits per heavy atom. The Morgan fingerprint density at radius 1 is 1.27 bits per heavy atom. The number of ether oxygens (including phenoxy) is 1. The maximum Gasteiger partial charge on any atom is 0.326 e. The molecule has 1 aromatic rings. The summed E-state index contributed by atoms with van der Waals surface area (Å²) in [4.78, 5) is 23.3. The summed E-state index contributed by atoms with van der Waals surface area (Å²) in [5.74, 6) is -1.65. The molecule has 0 aliphatic carbocycles. The highest BCUT2D eigenvalue weighted by Crippen LogP contribution is 2.22. The molecule has 1 rings (SSSR count). The molecule has 0 spiro atoms. The van der Waals surface area contributed by atoms with Gasteiger partial charge in [0.25, 0.3) is 5.91 Å². The van der Waals surface area contributed by atoms with Crippen molar-refractivity contribution < 1.29 is 19.4 Å². The number of carboxylic acid groups (broad SMARTS) is 1. The van der Waals surface area contributed by atoms with Gasteiger partial charge < -0.3 is 15.2 Å². The molecule has 2 N–H and O–H groups in total. The highest BCUT2D eigenvalue weighted by molar-refractivity contribution is 6.42. The lowest BCUT2D eigenvalue weighted by Crippen LogP contribution is -2.42. The summed E-state index contributed by atoms with van der Waals surface area (Å²) in [5, 5.41) is 12.2. The van der Waals surface area contributed by atoms with Gasteiger partial charge >= 0.3 is 5.97 Å². The van der Waals surface area contributed by atoms with Gasteiger partial charge in [0.2, 0.25) is 0 Å². The van der Waals surface area contributed by atoms with Gasteiger partial charge in [0.15, 0.2) is 0 Å². The van der Waals surface area contributed by atoms with E-state index in [2.05, 4.69) is 5.32 Å². The van der Waals surface area contributed by atoms with Crippen LogP contribution in [-0.2, 0) is 9.53 Å². The largest absolute Gasteiger partial charge is 0.480 e. The fourth-order valence-corrected chi connectivity index (χ4v) is 1.92. The van der Waals surface area contributed by atoms with E-state index in [1.807, 2.05) is 20.8 Å². The van der Waals surface area contributed by atoms with Gasteiger partial charge in [0.1, 0.15) is 6.04 Å². The van der Waals surface area contributed by atoms with Crippen molar-refractivity contribution in [2.45, 2.75) is 38.8 Å². The van der Waals surface area contributed by atoms with E-state index in [0.717, 1.165) is 0 Å². The van der Waals surface area contributed by atoms with Crippen LogP contribution in [0.25, 0.3) is 0 Å². The number of benzene rings is 1. The van der Waals surface area contributed by atoms with Gasteiger partial charge in [-0.1, -0.05) is 23.2 Å². The van der Waals surface area contributed by atoms with Crippen LogP contribution in [0.1, 0.15) is 37.6 Å². The third kappa shape index (κ3) is 6.22. The van der Waals surface area contributed by atoms with Gasteiger partial charge in [-0.05, 0) is 39.0 Å². The van der Waals surface area contributed by atoms with E-state index >= 15 is 0 Å². The minimum atomic E-state index is -1.12. The summed E-state index contributed by atoms with van der Waals surface area (Å²) in [7, 11) is 0. The molecule has 0 aromatic heterocycles. The fraction of sp³-hybridized carbons (Fsp3) is 0.467. The van der Waals surface area contributed by atoms with Crippen molar-refractivity contribution in [1.29, 1.82) is 0 Å². The molecule has 0 saturated carbocycles. The van der Waals surface area contributed by atoms with Crippen molar-refractivity contribution in [3.05, 3.63) is 33.8 Å². The number of carbonyl (C=O) groups is 2. The molecule has 1 unspecified atom stereocenters. The van der Waals surface area contributed by atoms with Gasteiger partial charge in [-0.3, -0.25) is 4.79 Å². The lowest BCUT2D eigenvalue weighted by atomic mass is 10.1. The highest BCUT2D eigenvalue weighted by atomic mass is 35.5. The number of hydrogen-bond acceptors (Lipinski definition) is 3. The van der Waals surface area contributed by atoms with Crippen LogP contribution >= 0.6 is 23.2 Å². The van der Waals surface area contributed by atoms with Gasteiger partial charge in [-0.25, -0.2) is 4.79 Å². The van der Waals surface area contributed by atoms with Crippen molar-refractivity contribution in [3.63, 3.8) is 0 Å². The van der Waals surface area contributed by atoms with Crippen molar-refractivity contribution >= 4 is 35.1 Å². The van der Waals surface area contributed by atoms with Crippen LogP contribution < -0.4 is 5.32 Å². The first-order chi connectivity index (χ1) is 10.1. The van der Waals surface area contributed by atoms with Gasteiger partial charge in [0.05, 0.1) is 15.6 Å². The Bertz CT molecular complexity index is 555. The smallest absolute Gasteiger partial charge is 0.326 e. The molecule has 1 amide bonds. The predicted octanol–water partition coefficient (Wildman–Crippen LogP) is 3.38. The Balaban J connectivity index is 2.68. The number of halogens is 2. The average molecular weight is 348 g/mol. The molecule has 1 aromatic carbocycles. The lowest BCUT2D eigenvalue weighted by Gasteiger charge is -2.21. The first-order valence-electron chi connectivity index (χ1n) is 6.73. The summed E-state index contributed by atoms with van der Waals surface area (Å²) >= 11 is 11.6. The van der Waals surface area contributed by atoms with E-state index in [1.54, 1.807) is 0 Å². The van der Waals surface area contributed by atoms with Gasteiger partial charge in [-0.15, -0.1) is 0 Å². The van der Waals surface area contributed by atoms with E-state index in [-0.39, 0.29) is 29.2 Å². The monoisotopic (exact) mass is 347 g/mol. The molecule has 5 nitrogen and oxygen atoms in total. The molecule has 1 atom stereocenters. The molecule has 0 fully saturated rings. The molecule has 0 aliphatic rings. The normalized spacial score (nSPS) is 12.8. The number of rotatable bonds is 6. The Morgan fingerprint density at radius 2 is 1.91 bits per heavy atom. The van der Waals surface area contributed by atoms with Gasteiger partial charge in [0, 0.05) is 18.6 Å². The van der Waals surface area contributed by atoms with Gasteiger partial charge in [-0.2, -0.15) is 0 Å². The topological polar surface area (TPSA) is 75.6 Å². The lowest BCUT2D eigenvalue weighted by molar-refractivity contribution is -0.140. The summed E-state index contributed by atoms with van der Waals surface area (Å²) in [6.07, 6.45) is 0.166. The number of hydrogen-bond donors (Lipinski definition) is 2. The summed E-state index contributed by atoms with van der Waals surface area (Å²) in [6, 6.07) is 3.32. The second-order valence-electron chi connectivity index (χ2n) is 5.74. The summed E-state index contributed by atoms with van der Waals surface area (Å²) < 4.78 is 5.48. The Hall–Kier alpha value is -1.30. The number of carboxylic acids is 1. The average Bonchev–Trinajstić information content (AvgIpc) is 2.39. The van der Waals surface area contributed by atoms with E-state index in [1.165, 1.54) is 18.2 Å². The van der Waals surface area contributed by atoms with Crippen LogP contribution in [0.15, 0.2) is 18.2 Å². The Labute approximate surface area is 139 Å². The number of aliphatic carboxylic acids is 1. The van der Waals surface area contributed by atoms with Crippen LogP contribution in [0.3, 0.4) is 0 Å². The van der Waals surface area contributed by atoms with Crippen LogP contribution in [0.5, 0.6) is 0 Å². The minimum absolute atomic E-state index is 0.166. The van der Waals surface area contributed by atoms with Crippen molar-refractivity contribution in [2.24, 2.45) is 0 Å². The zero-order chi connectivity index (χ0) is 16.9. The first kappa shape index (κ1) is 18.7. The highest BCUT2D eigenvalue weighted by Gasteiger charge is 2.22. The first-order valence-corrected chi connectivity index (χ1v) is 7.48. The van der Waals surface area contributed by atoms with E-state index in [0.29, 0.717) is 5.02 Å². The molecule has 7 heteroatoms. The zero-order valence-corrected chi connectivity index (χ0v) is 14.2. The summed E-state index contributed by atoms with van der Waals surface area (Å²) in [6.45, 7) is 5.84. The number of carbonyl (C=O) groups excluding carboxylic acids is 1. The van der Waals surface area contributed by atoms with Crippen molar-refractivity contribution in [2.75, 3.05) is 6.61 Å². The second-order valence-corrected chi connectivity index (χ2v) is 6.56. The predicted molar refractivity (Wildman–Crippen MR) is 85.7 cm³/mol. The van der Waals surface area contributed by atoms with Crippen LogP contribution in [0.2, 0.25) is 10.0 Å². The maximum absolute atomic E-state index is 12.1. The SMILES string of the molecule is CC(C)(C)OCCC(NC(=O)c1ccc(Cl)c(Cl)c1)C(=O)O. The zero-order valence-electron chi connectivity index (χ0n) is 12.7. The molecule has 0 saturated heterocycles. The number of amides is 1. The van der Waals surface area contributed by atoms with Crippen molar-refractivity contribution in [1.82, 2.24) is 5.32 Å². The van der Waals surface area contributed by atoms with Crippen LogP contribution in [-0.4, -0.2) is 35.2 Å². The van der Waals surface area contributed by atoms with E-state index in [9.17, 15) is 14.7 Å². The molecule has 122 valence electrons. The van der Waals surface area contributed by atoms with Crippen LogP contribution in [0.4, 0.5) is 0 Å². The van der Waals surface area contributed by atoms with E-state index in [4.69, 9.17) is 27.9 Å². The molecule has 0 heterocycles. The summed E-state index contributed by atoms with van der Waals surface area (Å²) in [5.41, 5.74) is -0.117. The molecular formula is C15H19Cl2NO4. The minimum Gasteiger partial charge on any atom is -0.480 e. The molecule has 0 bridgehead atoms. The standard InChI is InChI=1S/C15H19Cl2NO4/c1-15(2,3)22-7-6-12(14(20)21)18-13(19)9-4-5-10(16)11(17)8-9/h4-5,8,12H,6-7H2,1-3H3,(H,18,19)(H,20,21). The molecule has 0 radical (unpaired) electrons. The fourth-order valence-electron chi connectivity index (χ4n) is 1.62. The second kappa shape index (κ2) is 7.81. The quantitative estimate of drug-likeness (QED) is 0.826. The maximum atomic E-state index is 12.1. The molecule has 22 heavy (non-hydrogen) atoms. The van der Waals surface area contributed by atoms with E-state index < -0.39 is 17.9 Å². The molecular weight excluding hydrogens is 329 g/mol. The molecule has 0 aliphatic heterocycles. The third-order valence-electron chi connectivity index (χ3n) is 2.73. The Kier molecular flexibility index (Phi) is 6.66. The number of nitrogens with one attached hydrogen (secondary N) is 1. The van der Waals surface area contributed by atoms with Crippen LogP contribution in [0, 0.1) is 0 Å².